The lowest BCUT2D eigenvalue weighted by Gasteiger charge is -2.06. The van der Waals surface area contributed by atoms with Gasteiger partial charge in [-0.25, -0.2) is 15.0 Å². The van der Waals surface area contributed by atoms with Gasteiger partial charge >= 0.3 is 5.69 Å². The van der Waals surface area contributed by atoms with Crippen molar-refractivity contribution in [3.63, 3.8) is 0 Å². The number of rotatable bonds is 4. The van der Waals surface area contributed by atoms with Crippen LogP contribution in [0.2, 0.25) is 5.15 Å². The van der Waals surface area contributed by atoms with Gasteiger partial charge in [0, 0.05) is 12.4 Å². The number of carbonyl (C=O) groups is 1. The predicted octanol–water partition coefficient (Wildman–Crippen LogP) is 1.67. The van der Waals surface area contributed by atoms with Crippen LogP contribution in [0.4, 0.5) is 5.69 Å². The third-order valence-electron chi connectivity index (χ3n) is 2.57. The molecule has 0 radical (unpaired) electrons. The first-order valence-corrected chi connectivity index (χ1v) is 6.22. The Morgan fingerprint density at radius 1 is 1.38 bits per heavy atom. The van der Waals surface area contributed by atoms with Gasteiger partial charge < -0.3 is 5.32 Å². The Morgan fingerprint density at radius 2 is 2.10 bits per heavy atom. The molecular weight excluding hydrogens is 298 g/mol. The summed E-state index contributed by atoms with van der Waals surface area (Å²) in [5.41, 5.74) is -0.0695. The summed E-state index contributed by atoms with van der Waals surface area (Å²) >= 11 is 5.65. The van der Waals surface area contributed by atoms with Crippen LogP contribution in [0.3, 0.4) is 0 Å². The summed E-state index contributed by atoms with van der Waals surface area (Å²) in [6.07, 6.45) is 2.80. The van der Waals surface area contributed by atoms with Crippen molar-refractivity contribution in [2.24, 2.45) is 0 Å². The molecule has 2 aromatic heterocycles. The van der Waals surface area contributed by atoms with Crippen LogP contribution in [0, 0.1) is 17.0 Å². The molecule has 0 aliphatic heterocycles. The molecule has 0 aromatic carbocycles. The van der Waals surface area contributed by atoms with Crippen LogP contribution in [-0.4, -0.2) is 25.8 Å². The van der Waals surface area contributed by atoms with Crippen molar-refractivity contribution in [3.8, 4) is 0 Å². The smallest absolute Gasteiger partial charge is 0.319 e. The van der Waals surface area contributed by atoms with Gasteiger partial charge in [0.1, 0.15) is 11.4 Å². The number of amides is 1. The van der Waals surface area contributed by atoms with Crippen molar-refractivity contribution in [2.75, 3.05) is 0 Å². The highest BCUT2D eigenvalue weighted by molar-refractivity contribution is 6.32. The second-order valence-electron chi connectivity index (χ2n) is 4.03. The number of carbonyl (C=O) groups excluding carboxylic acids is 1. The molecule has 0 bridgehead atoms. The lowest BCUT2D eigenvalue weighted by atomic mass is 10.2. The average Bonchev–Trinajstić information content (AvgIpc) is 2.44. The largest absolute Gasteiger partial charge is 0.346 e. The fourth-order valence-corrected chi connectivity index (χ4v) is 1.88. The summed E-state index contributed by atoms with van der Waals surface area (Å²) in [6, 6.07) is 2.88. The van der Waals surface area contributed by atoms with E-state index in [4.69, 9.17) is 11.6 Å². The molecule has 0 atom stereocenters. The minimum absolute atomic E-state index is 0.124. The first-order valence-electron chi connectivity index (χ1n) is 5.84. The van der Waals surface area contributed by atoms with Crippen LogP contribution >= 0.6 is 11.6 Å². The Kier molecular flexibility index (Phi) is 4.39. The van der Waals surface area contributed by atoms with Crippen molar-refractivity contribution in [2.45, 2.75) is 13.5 Å². The van der Waals surface area contributed by atoms with E-state index >= 15 is 0 Å². The Hall–Kier alpha value is -2.61. The van der Waals surface area contributed by atoms with Gasteiger partial charge in [-0.05, 0) is 19.1 Å². The van der Waals surface area contributed by atoms with Crippen LogP contribution in [0.1, 0.15) is 21.9 Å². The van der Waals surface area contributed by atoms with Gasteiger partial charge in [-0.1, -0.05) is 11.6 Å². The van der Waals surface area contributed by atoms with E-state index in [1.807, 2.05) is 0 Å². The lowest BCUT2D eigenvalue weighted by Crippen LogP contribution is -2.24. The fraction of sp³-hybridized carbons (Fsp3) is 0.167. The number of aryl methyl sites for hydroxylation is 1. The van der Waals surface area contributed by atoms with E-state index in [1.54, 1.807) is 19.2 Å². The van der Waals surface area contributed by atoms with E-state index in [1.165, 1.54) is 12.3 Å². The molecule has 9 heteroatoms. The highest BCUT2D eigenvalue weighted by Gasteiger charge is 2.24. The number of aromatic nitrogens is 3. The first kappa shape index (κ1) is 14.8. The second kappa shape index (κ2) is 6.23. The molecule has 1 N–H and O–H groups in total. The highest BCUT2D eigenvalue weighted by Crippen LogP contribution is 2.25. The minimum atomic E-state index is -0.737. The van der Waals surface area contributed by atoms with Gasteiger partial charge in [-0.15, -0.1) is 0 Å². The Balaban J connectivity index is 2.18. The molecule has 0 spiro atoms. The number of nitrogens with one attached hydrogen (secondary N) is 1. The number of hydrogen-bond donors (Lipinski definition) is 1. The van der Waals surface area contributed by atoms with E-state index in [0.29, 0.717) is 11.5 Å². The maximum atomic E-state index is 12.0. The van der Waals surface area contributed by atoms with Gasteiger partial charge in [-0.2, -0.15) is 0 Å². The van der Waals surface area contributed by atoms with Crippen molar-refractivity contribution in [1.29, 1.82) is 0 Å². The molecule has 8 nitrogen and oxygen atoms in total. The van der Waals surface area contributed by atoms with E-state index in [9.17, 15) is 14.9 Å². The number of pyridine rings is 1. The molecule has 0 aliphatic carbocycles. The van der Waals surface area contributed by atoms with E-state index in [2.05, 4.69) is 20.3 Å². The van der Waals surface area contributed by atoms with Crippen molar-refractivity contribution >= 4 is 23.2 Å². The Morgan fingerprint density at radius 3 is 2.76 bits per heavy atom. The average molecular weight is 308 g/mol. The summed E-state index contributed by atoms with van der Waals surface area (Å²) in [5, 5.41) is 13.2. The molecule has 0 saturated carbocycles. The van der Waals surface area contributed by atoms with Gasteiger partial charge in [0.25, 0.3) is 5.91 Å². The highest BCUT2D eigenvalue weighted by atomic mass is 35.5. The summed E-state index contributed by atoms with van der Waals surface area (Å²) in [4.78, 5) is 33.9. The summed E-state index contributed by atoms with van der Waals surface area (Å²) in [5.74, 6) is -0.0537. The topological polar surface area (TPSA) is 111 Å². The third kappa shape index (κ3) is 3.48. The molecule has 0 saturated heterocycles. The van der Waals surface area contributed by atoms with Crippen molar-refractivity contribution in [3.05, 3.63) is 56.9 Å². The van der Waals surface area contributed by atoms with Crippen LogP contribution in [-0.2, 0) is 6.54 Å². The molecule has 0 unspecified atom stereocenters. The van der Waals surface area contributed by atoms with Gasteiger partial charge in [0.15, 0.2) is 0 Å². The molecular formula is C12H10ClN5O3. The van der Waals surface area contributed by atoms with E-state index in [0.717, 1.165) is 0 Å². The van der Waals surface area contributed by atoms with Crippen LogP contribution in [0.5, 0.6) is 0 Å². The van der Waals surface area contributed by atoms with Crippen LogP contribution in [0.15, 0.2) is 24.5 Å². The predicted molar refractivity (Wildman–Crippen MR) is 73.8 cm³/mol. The molecule has 21 heavy (non-hydrogen) atoms. The van der Waals surface area contributed by atoms with Gasteiger partial charge in [0.05, 0.1) is 17.2 Å². The van der Waals surface area contributed by atoms with Crippen LogP contribution in [0.25, 0.3) is 0 Å². The van der Waals surface area contributed by atoms with Gasteiger partial charge in [0.2, 0.25) is 5.15 Å². The number of hydrogen-bond acceptors (Lipinski definition) is 6. The number of nitro groups is 1. The zero-order valence-corrected chi connectivity index (χ0v) is 11.7. The van der Waals surface area contributed by atoms with Crippen LogP contribution < -0.4 is 5.32 Å². The summed E-state index contributed by atoms with van der Waals surface area (Å²) in [7, 11) is 0. The van der Waals surface area contributed by atoms with E-state index in [-0.39, 0.29) is 17.3 Å². The first-order chi connectivity index (χ1) is 9.99. The molecule has 2 rings (SSSR count). The standard InChI is InChI=1S/C12H10ClN5O3/c1-7-14-4-2-8(17-7)6-16-12(19)9-3-5-15-11(13)10(9)18(20)21/h2-5H,6H2,1H3,(H,16,19). The van der Waals surface area contributed by atoms with Crippen molar-refractivity contribution in [1.82, 2.24) is 20.3 Å². The van der Waals surface area contributed by atoms with E-state index < -0.39 is 16.5 Å². The molecule has 0 fully saturated rings. The minimum Gasteiger partial charge on any atom is -0.346 e. The summed E-state index contributed by atoms with van der Waals surface area (Å²) < 4.78 is 0. The Bertz CT molecular complexity index is 707. The normalized spacial score (nSPS) is 10.2. The third-order valence-corrected chi connectivity index (χ3v) is 2.85. The SMILES string of the molecule is Cc1nccc(CNC(=O)c2ccnc(Cl)c2[N+](=O)[O-])n1. The molecule has 0 aliphatic rings. The zero-order chi connectivity index (χ0) is 15.4. The molecule has 108 valence electrons. The zero-order valence-electron chi connectivity index (χ0n) is 10.9. The maximum Gasteiger partial charge on any atom is 0.319 e. The van der Waals surface area contributed by atoms with Gasteiger partial charge in [-0.3, -0.25) is 14.9 Å². The lowest BCUT2D eigenvalue weighted by molar-refractivity contribution is -0.385. The summed E-state index contributed by atoms with van der Waals surface area (Å²) in [6.45, 7) is 1.85. The second-order valence-corrected chi connectivity index (χ2v) is 4.39. The van der Waals surface area contributed by atoms with Crippen molar-refractivity contribution < 1.29 is 9.72 Å². The fourth-order valence-electron chi connectivity index (χ4n) is 1.66. The number of halogens is 1. The monoisotopic (exact) mass is 307 g/mol. The molecule has 1 amide bonds. The molecule has 2 heterocycles. The number of nitrogens with zero attached hydrogens (tertiary/aromatic N) is 4. The maximum absolute atomic E-state index is 12.0. The molecule has 2 aromatic rings. The Labute approximate surface area is 124 Å². The quantitative estimate of drug-likeness (QED) is 0.522.